The molecule has 0 amide bonds. The maximum atomic E-state index is 14.5. The number of rotatable bonds is 4. The third-order valence-corrected chi connectivity index (χ3v) is 3.78. The lowest BCUT2D eigenvalue weighted by Crippen LogP contribution is -2.40. The Morgan fingerprint density at radius 3 is 2.96 bits per heavy atom. The zero-order valence-corrected chi connectivity index (χ0v) is 12.8. The smallest absolute Gasteiger partial charge is 0.261 e. The van der Waals surface area contributed by atoms with Gasteiger partial charge in [-0.3, -0.25) is 4.57 Å². The molecule has 0 spiro atoms. The van der Waals surface area contributed by atoms with Gasteiger partial charge in [0.1, 0.15) is 12.7 Å². The quantitative estimate of drug-likeness (QED) is 0.643. The Kier molecular flexibility index (Phi) is 4.00. The van der Waals surface area contributed by atoms with Crippen LogP contribution in [0.1, 0.15) is 13.2 Å². The molecule has 0 aliphatic carbocycles. The number of ether oxygens (including phenoxy) is 2. The molecule has 1 aliphatic heterocycles. The fraction of sp³-hybridized carbons (Fsp3) is 0.500. The Morgan fingerprint density at radius 2 is 2.33 bits per heavy atom. The van der Waals surface area contributed by atoms with Crippen LogP contribution < -0.4 is 10.5 Å². The molecule has 3 rings (SSSR count). The number of nitrogens with two attached hydrogens (primary N) is 1. The first-order valence-electron chi connectivity index (χ1n) is 7.19. The first-order chi connectivity index (χ1) is 11.4. The topological polar surface area (TPSA) is 129 Å². The second-order valence-corrected chi connectivity index (χ2v) is 5.23. The van der Waals surface area contributed by atoms with Crippen LogP contribution in [-0.2, 0) is 4.74 Å². The molecule has 0 radical (unpaired) electrons. The van der Waals surface area contributed by atoms with Crippen molar-refractivity contribution in [2.45, 2.75) is 25.1 Å². The minimum Gasteiger partial charge on any atom is -0.476 e. The summed E-state index contributed by atoms with van der Waals surface area (Å²) in [4.78, 5) is 12.1. The number of nitrogens with zero attached hydrogens (tertiary/aromatic N) is 4. The summed E-state index contributed by atoms with van der Waals surface area (Å²) in [6.07, 6.45) is 3.87. The molecule has 128 valence electrons. The molecule has 0 aromatic carbocycles. The van der Waals surface area contributed by atoms with Crippen molar-refractivity contribution in [2.75, 3.05) is 18.9 Å². The molecule has 9 nitrogen and oxygen atoms in total. The van der Waals surface area contributed by atoms with Crippen molar-refractivity contribution in [3.63, 3.8) is 0 Å². The van der Waals surface area contributed by atoms with E-state index < -0.39 is 30.7 Å². The highest BCUT2D eigenvalue weighted by Gasteiger charge is 2.55. The van der Waals surface area contributed by atoms with Crippen molar-refractivity contribution in [3.8, 4) is 18.2 Å². The Morgan fingerprint density at radius 1 is 1.58 bits per heavy atom. The molecule has 1 aliphatic rings. The van der Waals surface area contributed by atoms with Gasteiger partial charge in [-0.15, -0.1) is 6.42 Å². The van der Waals surface area contributed by atoms with Gasteiger partial charge < -0.3 is 25.4 Å². The SMILES string of the molecule is C#CC1[C@H](n2cnc3c(OCC)nc(N)nc32)O[C@](F)(CO)[C@H]1O. The van der Waals surface area contributed by atoms with Crippen molar-refractivity contribution in [3.05, 3.63) is 6.33 Å². The lowest BCUT2D eigenvalue weighted by atomic mass is 9.99. The summed E-state index contributed by atoms with van der Waals surface area (Å²) >= 11 is 0. The number of terminal acetylenes is 1. The molecule has 2 aromatic rings. The van der Waals surface area contributed by atoms with E-state index in [-0.39, 0.29) is 17.5 Å². The Hall–Kier alpha value is -2.48. The van der Waals surface area contributed by atoms with Gasteiger partial charge in [0, 0.05) is 0 Å². The van der Waals surface area contributed by atoms with E-state index in [9.17, 15) is 14.6 Å². The Balaban J connectivity index is 2.11. The van der Waals surface area contributed by atoms with Crippen molar-refractivity contribution < 1.29 is 24.1 Å². The number of aliphatic hydroxyl groups is 2. The van der Waals surface area contributed by atoms with Crippen molar-refractivity contribution >= 4 is 17.1 Å². The van der Waals surface area contributed by atoms with Crippen LogP contribution in [0.3, 0.4) is 0 Å². The third kappa shape index (κ3) is 2.34. The van der Waals surface area contributed by atoms with Gasteiger partial charge in [-0.1, -0.05) is 5.92 Å². The average molecular weight is 337 g/mol. The fourth-order valence-electron chi connectivity index (χ4n) is 2.63. The van der Waals surface area contributed by atoms with Gasteiger partial charge in [-0.2, -0.15) is 9.97 Å². The minimum absolute atomic E-state index is 0.0721. The summed E-state index contributed by atoms with van der Waals surface area (Å²) in [6.45, 7) is 1.06. The van der Waals surface area contributed by atoms with E-state index in [1.54, 1.807) is 6.92 Å². The number of halogens is 1. The summed E-state index contributed by atoms with van der Waals surface area (Å²) in [7, 11) is 0. The van der Waals surface area contributed by atoms with E-state index in [4.69, 9.17) is 21.6 Å². The number of nitrogen functional groups attached to an aromatic ring is 1. The van der Waals surface area contributed by atoms with Gasteiger partial charge in [0.25, 0.3) is 5.85 Å². The lowest BCUT2D eigenvalue weighted by Gasteiger charge is -2.20. The number of aliphatic hydroxyl groups excluding tert-OH is 2. The van der Waals surface area contributed by atoms with E-state index in [0.717, 1.165) is 0 Å². The van der Waals surface area contributed by atoms with Gasteiger partial charge in [0.15, 0.2) is 17.4 Å². The second kappa shape index (κ2) is 5.86. The monoisotopic (exact) mass is 337 g/mol. The van der Waals surface area contributed by atoms with E-state index >= 15 is 0 Å². The van der Waals surface area contributed by atoms with Crippen LogP contribution in [-0.4, -0.2) is 54.9 Å². The van der Waals surface area contributed by atoms with Crippen LogP contribution in [0, 0.1) is 18.3 Å². The molecule has 1 saturated heterocycles. The molecule has 1 unspecified atom stereocenters. The van der Waals surface area contributed by atoms with E-state index in [1.165, 1.54) is 10.9 Å². The number of fused-ring (bicyclic) bond motifs is 1. The van der Waals surface area contributed by atoms with Crippen LogP contribution in [0.2, 0.25) is 0 Å². The number of imidazole rings is 1. The maximum Gasteiger partial charge on any atom is 0.261 e. The van der Waals surface area contributed by atoms with Crippen LogP contribution in [0.25, 0.3) is 11.2 Å². The first-order valence-corrected chi connectivity index (χ1v) is 7.19. The minimum atomic E-state index is -2.68. The molecule has 10 heteroatoms. The van der Waals surface area contributed by atoms with Gasteiger partial charge in [-0.05, 0) is 6.92 Å². The first kappa shape index (κ1) is 16.4. The molecule has 24 heavy (non-hydrogen) atoms. The Bertz CT molecular complexity index is 806. The molecule has 4 atom stereocenters. The molecule has 4 N–H and O–H groups in total. The van der Waals surface area contributed by atoms with Crippen LogP contribution in [0.15, 0.2) is 6.33 Å². The van der Waals surface area contributed by atoms with Gasteiger partial charge in [-0.25, -0.2) is 9.37 Å². The van der Waals surface area contributed by atoms with Gasteiger partial charge >= 0.3 is 0 Å². The average Bonchev–Trinajstić information content (AvgIpc) is 3.08. The molecule has 1 fully saturated rings. The Labute approximate surface area is 136 Å². The summed E-state index contributed by atoms with van der Waals surface area (Å²) in [5, 5.41) is 19.2. The van der Waals surface area contributed by atoms with Crippen molar-refractivity contribution in [1.29, 1.82) is 0 Å². The molecule has 0 saturated carbocycles. The standard InChI is InChI=1S/C14H16FN5O4/c1-3-7-9(22)14(15,5-21)24-12(7)20-6-17-8-10(20)18-13(16)19-11(8)23-4-2/h1,6-7,9,12,21-22H,4-5H2,2H3,(H2,16,18,19)/t7?,9-,12+,14+/m0/s1. The van der Waals surface area contributed by atoms with E-state index in [1.807, 2.05) is 0 Å². The number of hydrogen-bond acceptors (Lipinski definition) is 8. The number of aromatic nitrogens is 4. The number of alkyl halides is 1. The molecular formula is C14H16FN5O4. The molecule has 2 aromatic heterocycles. The predicted octanol–water partition coefficient (Wildman–Crippen LogP) is -0.396. The molecule has 0 bridgehead atoms. The highest BCUT2D eigenvalue weighted by Crippen LogP contribution is 2.43. The fourth-order valence-corrected chi connectivity index (χ4v) is 2.63. The largest absolute Gasteiger partial charge is 0.476 e. The predicted molar refractivity (Wildman–Crippen MR) is 80.3 cm³/mol. The van der Waals surface area contributed by atoms with Crippen molar-refractivity contribution in [1.82, 2.24) is 19.5 Å². The highest BCUT2D eigenvalue weighted by atomic mass is 19.2. The zero-order chi connectivity index (χ0) is 17.5. The van der Waals surface area contributed by atoms with Crippen molar-refractivity contribution in [2.24, 2.45) is 5.92 Å². The molecule has 3 heterocycles. The highest BCUT2D eigenvalue weighted by molar-refractivity contribution is 5.77. The maximum absolute atomic E-state index is 14.5. The van der Waals surface area contributed by atoms with Crippen LogP contribution >= 0.6 is 0 Å². The number of anilines is 1. The summed E-state index contributed by atoms with van der Waals surface area (Å²) in [5.41, 5.74) is 6.17. The lowest BCUT2D eigenvalue weighted by molar-refractivity contribution is -0.206. The normalized spacial score (nSPS) is 29.7. The second-order valence-electron chi connectivity index (χ2n) is 5.23. The van der Waals surface area contributed by atoms with E-state index in [2.05, 4.69) is 20.9 Å². The third-order valence-electron chi connectivity index (χ3n) is 3.78. The summed E-state index contributed by atoms with van der Waals surface area (Å²) in [5.74, 6) is -1.37. The van der Waals surface area contributed by atoms with Gasteiger partial charge in [0.05, 0.1) is 18.9 Å². The zero-order valence-electron chi connectivity index (χ0n) is 12.8. The van der Waals surface area contributed by atoms with E-state index in [0.29, 0.717) is 12.1 Å². The van der Waals surface area contributed by atoms with Gasteiger partial charge in [0.2, 0.25) is 11.8 Å². The van der Waals surface area contributed by atoms with Crippen LogP contribution in [0.5, 0.6) is 5.88 Å². The number of hydrogen-bond donors (Lipinski definition) is 3. The molecular weight excluding hydrogens is 321 g/mol. The summed E-state index contributed by atoms with van der Waals surface area (Å²) in [6, 6.07) is 0. The van der Waals surface area contributed by atoms with Crippen LogP contribution in [0.4, 0.5) is 10.3 Å². The summed E-state index contributed by atoms with van der Waals surface area (Å²) < 4.78 is 26.3.